The van der Waals surface area contributed by atoms with Crippen molar-refractivity contribution in [1.82, 2.24) is 0 Å². The van der Waals surface area contributed by atoms with Crippen LogP contribution in [0, 0.1) is 0 Å². The Labute approximate surface area is 136 Å². The van der Waals surface area contributed by atoms with E-state index < -0.39 is 11.6 Å². The molecule has 0 aromatic heterocycles. The van der Waals surface area contributed by atoms with Crippen molar-refractivity contribution >= 4 is 18.0 Å². The summed E-state index contributed by atoms with van der Waals surface area (Å²) in [4.78, 5) is 22.9. The van der Waals surface area contributed by atoms with Gasteiger partial charge >= 0.3 is 11.9 Å². The average molecular weight is 320 g/mol. The van der Waals surface area contributed by atoms with Crippen LogP contribution in [0.15, 0.2) is 29.8 Å². The third kappa shape index (κ3) is 5.77. The van der Waals surface area contributed by atoms with Gasteiger partial charge in [0.15, 0.2) is 5.60 Å². The molecule has 0 fully saturated rings. The molecule has 23 heavy (non-hydrogen) atoms. The Hall–Kier alpha value is -2.30. The molecule has 0 radical (unpaired) electrons. The van der Waals surface area contributed by atoms with Crippen molar-refractivity contribution in [2.75, 3.05) is 6.61 Å². The molecule has 0 spiro atoms. The standard InChI is InChI=1S/C18H24O5/c1-5-7-14(16(19)22-6-2)12-13-8-10-15(11-9-13)23-18(3,4)17(20)21/h8-12H,5-7H2,1-4H3,(H,20,21)/b14-12+. The number of hydrogen-bond acceptors (Lipinski definition) is 4. The first-order valence-corrected chi connectivity index (χ1v) is 7.70. The predicted octanol–water partition coefficient (Wildman–Crippen LogP) is 3.68. The highest BCUT2D eigenvalue weighted by Crippen LogP contribution is 2.21. The van der Waals surface area contributed by atoms with Gasteiger partial charge < -0.3 is 14.6 Å². The highest BCUT2D eigenvalue weighted by molar-refractivity contribution is 5.93. The maximum absolute atomic E-state index is 11.9. The van der Waals surface area contributed by atoms with E-state index in [-0.39, 0.29) is 5.97 Å². The lowest BCUT2D eigenvalue weighted by atomic mass is 10.1. The van der Waals surface area contributed by atoms with E-state index in [1.54, 1.807) is 37.3 Å². The molecule has 0 aliphatic carbocycles. The maximum Gasteiger partial charge on any atom is 0.347 e. The number of aliphatic carboxylic acids is 1. The molecule has 126 valence electrons. The van der Waals surface area contributed by atoms with Crippen molar-refractivity contribution in [3.05, 3.63) is 35.4 Å². The summed E-state index contributed by atoms with van der Waals surface area (Å²) in [5, 5.41) is 9.06. The van der Waals surface area contributed by atoms with Crippen LogP contribution in [0.3, 0.4) is 0 Å². The summed E-state index contributed by atoms with van der Waals surface area (Å²) in [6.45, 7) is 7.10. The highest BCUT2D eigenvalue weighted by atomic mass is 16.5. The molecule has 1 aromatic carbocycles. The zero-order valence-electron chi connectivity index (χ0n) is 14.1. The van der Waals surface area contributed by atoms with Crippen LogP contribution < -0.4 is 4.74 Å². The van der Waals surface area contributed by atoms with Crippen LogP contribution in [0.25, 0.3) is 6.08 Å². The van der Waals surface area contributed by atoms with Crippen molar-refractivity contribution in [3.8, 4) is 5.75 Å². The average Bonchev–Trinajstić information content (AvgIpc) is 2.48. The van der Waals surface area contributed by atoms with Crippen molar-refractivity contribution in [3.63, 3.8) is 0 Å². The first kappa shape index (κ1) is 18.7. The Morgan fingerprint density at radius 3 is 2.26 bits per heavy atom. The van der Waals surface area contributed by atoms with Gasteiger partial charge in [-0.3, -0.25) is 0 Å². The molecule has 1 N–H and O–H groups in total. The van der Waals surface area contributed by atoms with Gasteiger partial charge in [0, 0.05) is 5.57 Å². The van der Waals surface area contributed by atoms with Gasteiger partial charge in [-0.25, -0.2) is 9.59 Å². The van der Waals surface area contributed by atoms with E-state index in [2.05, 4.69) is 0 Å². The van der Waals surface area contributed by atoms with Crippen LogP contribution in [-0.2, 0) is 14.3 Å². The van der Waals surface area contributed by atoms with Crippen LogP contribution in [-0.4, -0.2) is 29.3 Å². The summed E-state index contributed by atoms with van der Waals surface area (Å²) in [7, 11) is 0. The van der Waals surface area contributed by atoms with Crippen LogP contribution in [0.2, 0.25) is 0 Å². The highest BCUT2D eigenvalue weighted by Gasteiger charge is 2.29. The minimum Gasteiger partial charge on any atom is -0.478 e. The second kappa shape index (κ2) is 8.36. The van der Waals surface area contributed by atoms with Crippen molar-refractivity contribution in [2.24, 2.45) is 0 Å². The molecular formula is C18H24O5. The lowest BCUT2D eigenvalue weighted by Crippen LogP contribution is -2.37. The smallest absolute Gasteiger partial charge is 0.347 e. The molecule has 1 rings (SSSR count). The first-order chi connectivity index (χ1) is 10.8. The van der Waals surface area contributed by atoms with E-state index in [0.29, 0.717) is 24.4 Å². The normalized spacial score (nSPS) is 11.9. The van der Waals surface area contributed by atoms with Gasteiger partial charge in [-0.2, -0.15) is 0 Å². The number of hydrogen-bond donors (Lipinski definition) is 1. The number of benzene rings is 1. The molecule has 0 saturated heterocycles. The Balaban J connectivity index is 2.91. The number of carboxylic acids is 1. The Morgan fingerprint density at radius 2 is 1.78 bits per heavy atom. The van der Waals surface area contributed by atoms with Crippen LogP contribution in [0.5, 0.6) is 5.75 Å². The van der Waals surface area contributed by atoms with Crippen LogP contribution >= 0.6 is 0 Å². The van der Waals surface area contributed by atoms with Gasteiger partial charge in [0.1, 0.15) is 5.75 Å². The van der Waals surface area contributed by atoms with E-state index in [9.17, 15) is 9.59 Å². The number of carbonyl (C=O) groups excluding carboxylic acids is 1. The van der Waals surface area contributed by atoms with E-state index in [0.717, 1.165) is 12.0 Å². The van der Waals surface area contributed by atoms with E-state index in [1.807, 2.05) is 6.92 Å². The van der Waals surface area contributed by atoms with Crippen LogP contribution in [0.4, 0.5) is 0 Å². The minimum absolute atomic E-state index is 0.304. The summed E-state index contributed by atoms with van der Waals surface area (Å²) in [6.07, 6.45) is 3.27. The fourth-order valence-corrected chi connectivity index (χ4v) is 1.90. The van der Waals surface area contributed by atoms with Gasteiger partial charge in [-0.1, -0.05) is 25.5 Å². The summed E-state index contributed by atoms with van der Waals surface area (Å²) in [5.74, 6) is -0.876. The molecule has 5 heteroatoms. The van der Waals surface area contributed by atoms with Gasteiger partial charge in [-0.15, -0.1) is 0 Å². The molecule has 5 nitrogen and oxygen atoms in total. The molecule has 0 atom stereocenters. The molecule has 0 saturated carbocycles. The molecule has 0 aliphatic rings. The lowest BCUT2D eigenvalue weighted by Gasteiger charge is -2.21. The Kier molecular flexibility index (Phi) is 6.82. The third-order valence-electron chi connectivity index (χ3n) is 3.17. The molecule has 0 unspecified atom stereocenters. The van der Waals surface area contributed by atoms with Crippen molar-refractivity contribution in [1.29, 1.82) is 0 Å². The summed E-state index contributed by atoms with van der Waals surface area (Å²) >= 11 is 0. The largest absolute Gasteiger partial charge is 0.478 e. The summed E-state index contributed by atoms with van der Waals surface area (Å²) < 4.78 is 10.5. The number of carboxylic acid groups (broad SMARTS) is 1. The maximum atomic E-state index is 11.9. The summed E-state index contributed by atoms with van der Waals surface area (Å²) in [5.41, 5.74) is 0.159. The fraction of sp³-hybridized carbons (Fsp3) is 0.444. The zero-order valence-corrected chi connectivity index (χ0v) is 14.1. The van der Waals surface area contributed by atoms with E-state index in [1.165, 1.54) is 13.8 Å². The molecule has 0 amide bonds. The Bertz CT molecular complexity index is 570. The van der Waals surface area contributed by atoms with Crippen molar-refractivity contribution < 1.29 is 24.2 Å². The first-order valence-electron chi connectivity index (χ1n) is 7.70. The minimum atomic E-state index is -1.30. The second-order valence-electron chi connectivity index (χ2n) is 5.63. The topological polar surface area (TPSA) is 72.8 Å². The van der Waals surface area contributed by atoms with Gasteiger partial charge in [0.2, 0.25) is 0 Å². The van der Waals surface area contributed by atoms with E-state index >= 15 is 0 Å². The Morgan fingerprint density at radius 1 is 1.17 bits per heavy atom. The quantitative estimate of drug-likeness (QED) is 0.584. The van der Waals surface area contributed by atoms with Gasteiger partial charge in [-0.05, 0) is 51.0 Å². The third-order valence-corrected chi connectivity index (χ3v) is 3.17. The number of esters is 1. The lowest BCUT2D eigenvalue weighted by molar-refractivity contribution is -0.152. The molecule has 0 aliphatic heterocycles. The summed E-state index contributed by atoms with van der Waals surface area (Å²) in [6, 6.07) is 6.93. The number of ether oxygens (including phenoxy) is 2. The van der Waals surface area contributed by atoms with Crippen molar-refractivity contribution in [2.45, 2.75) is 46.1 Å². The molecule has 1 aromatic rings. The van der Waals surface area contributed by atoms with E-state index in [4.69, 9.17) is 14.6 Å². The zero-order chi connectivity index (χ0) is 17.5. The predicted molar refractivity (Wildman–Crippen MR) is 88.3 cm³/mol. The monoisotopic (exact) mass is 320 g/mol. The second-order valence-corrected chi connectivity index (χ2v) is 5.63. The van der Waals surface area contributed by atoms with Gasteiger partial charge in [0.25, 0.3) is 0 Å². The molecule has 0 heterocycles. The SMILES string of the molecule is CCC/C(=C\c1ccc(OC(C)(C)C(=O)O)cc1)C(=O)OCC. The van der Waals surface area contributed by atoms with Crippen LogP contribution in [0.1, 0.15) is 46.1 Å². The molecule has 0 bridgehead atoms. The van der Waals surface area contributed by atoms with Gasteiger partial charge in [0.05, 0.1) is 6.61 Å². The fourth-order valence-electron chi connectivity index (χ4n) is 1.90. The molecular weight excluding hydrogens is 296 g/mol. The number of rotatable bonds is 8. The number of carbonyl (C=O) groups is 2.